The summed E-state index contributed by atoms with van der Waals surface area (Å²) in [6.45, 7) is 0. The van der Waals surface area contributed by atoms with Crippen LogP contribution in [0.15, 0.2) is 72.8 Å². The second-order valence-corrected chi connectivity index (χ2v) is 7.28. The van der Waals surface area contributed by atoms with Gasteiger partial charge in [0.15, 0.2) is 0 Å². The number of halogens is 1. The molecule has 3 aromatic carbocycles. The number of aromatic nitrogens is 1. The average molecular weight is 346 g/mol. The van der Waals surface area contributed by atoms with E-state index in [1.165, 1.54) is 31.3 Å². The summed E-state index contributed by atoms with van der Waals surface area (Å²) >= 11 is 7.90. The SMILES string of the molecule is Clc1ccc(-c2c3ccccc3nc3c2sc2ccccc23)cc1. The van der Waals surface area contributed by atoms with Crippen LogP contribution in [0.3, 0.4) is 0 Å². The zero-order valence-corrected chi connectivity index (χ0v) is 14.2. The molecule has 2 heterocycles. The molecule has 1 nitrogen and oxygen atoms in total. The second-order valence-electron chi connectivity index (χ2n) is 5.79. The van der Waals surface area contributed by atoms with Crippen molar-refractivity contribution in [2.45, 2.75) is 0 Å². The summed E-state index contributed by atoms with van der Waals surface area (Å²) in [4.78, 5) is 4.95. The molecule has 24 heavy (non-hydrogen) atoms. The number of hydrogen-bond donors (Lipinski definition) is 0. The Morgan fingerprint density at radius 2 is 1.46 bits per heavy atom. The van der Waals surface area contributed by atoms with Crippen molar-refractivity contribution in [3.63, 3.8) is 0 Å². The fourth-order valence-electron chi connectivity index (χ4n) is 3.24. The van der Waals surface area contributed by atoms with Crippen molar-refractivity contribution in [2.24, 2.45) is 0 Å². The van der Waals surface area contributed by atoms with E-state index >= 15 is 0 Å². The van der Waals surface area contributed by atoms with Gasteiger partial charge in [-0.25, -0.2) is 4.98 Å². The molecule has 2 aromatic heterocycles. The van der Waals surface area contributed by atoms with Gasteiger partial charge in [-0.1, -0.05) is 60.1 Å². The Kier molecular flexibility index (Phi) is 3.09. The average Bonchev–Trinajstić information content (AvgIpc) is 2.99. The molecule has 0 saturated carbocycles. The van der Waals surface area contributed by atoms with Gasteiger partial charge in [-0.05, 0) is 29.8 Å². The molecular formula is C21H12ClNS. The van der Waals surface area contributed by atoms with Crippen molar-refractivity contribution in [3.05, 3.63) is 77.8 Å². The van der Waals surface area contributed by atoms with E-state index in [1.807, 2.05) is 18.2 Å². The first-order valence-corrected chi connectivity index (χ1v) is 8.96. The maximum Gasteiger partial charge on any atom is 0.0902 e. The predicted molar refractivity (Wildman–Crippen MR) is 105 cm³/mol. The summed E-state index contributed by atoms with van der Waals surface area (Å²) in [5, 5.41) is 3.15. The largest absolute Gasteiger partial charge is 0.246 e. The van der Waals surface area contributed by atoms with Gasteiger partial charge in [-0.3, -0.25) is 0 Å². The van der Waals surface area contributed by atoms with E-state index in [0.29, 0.717) is 0 Å². The van der Waals surface area contributed by atoms with Crippen molar-refractivity contribution in [2.75, 3.05) is 0 Å². The highest BCUT2D eigenvalue weighted by atomic mass is 35.5. The number of rotatable bonds is 1. The molecule has 0 unspecified atom stereocenters. The Morgan fingerprint density at radius 1 is 0.750 bits per heavy atom. The van der Waals surface area contributed by atoms with Gasteiger partial charge < -0.3 is 0 Å². The van der Waals surface area contributed by atoms with Crippen molar-refractivity contribution in [3.8, 4) is 11.1 Å². The molecule has 0 spiro atoms. The number of nitrogens with zero attached hydrogens (tertiary/aromatic N) is 1. The van der Waals surface area contributed by atoms with E-state index in [2.05, 4.69) is 54.6 Å². The van der Waals surface area contributed by atoms with E-state index in [1.54, 1.807) is 11.3 Å². The molecule has 5 rings (SSSR count). The molecule has 0 aliphatic carbocycles. The zero-order valence-electron chi connectivity index (χ0n) is 12.7. The molecule has 0 atom stereocenters. The zero-order chi connectivity index (χ0) is 16.1. The Hall–Kier alpha value is -2.42. The van der Waals surface area contributed by atoms with Gasteiger partial charge in [0.2, 0.25) is 0 Å². The second kappa shape index (κ2) is 5.30. The lowest BCUT2D eigenvalue weighted by molar-refractivity contribution is 1.52. The van der Waals surface area contributed by atoms with Crippen LogP contribution in [-0.4, -0.2) is 4.98 Å². The number of thiophene rings is 1. The Labute approximate surface area is 148 Å². The highest BCUT2D eigenvalue weighted by molar-refractivity contribution is 7.26. The lowest BCUT2D eigenvalue weighted by Crippen LogP contribution is -1.86. The van der Waals surface area contributed by atoms with Crippen LogP contribution in [0.4, 0.5) is 0 Å². The van der Waals surface area contributed by atoms with Gasteiger partial charge in [-0.15, -0.1) is 11.3 Å². The Balaban J connectivity index is 2.02. The highest BCUT2D eigenvalue weighted by Gasteiger charge is 2.15. The summed E-state index contributed by atoms with van der Waals surface area (Å²) in [7, 11) is 0. The topological polar surface area (TPSA) is 12.9 Å². The number of benzene rings is 3. The van der Waals surface area contributed by atoms with Gasteiger partial charge in [-0.2, -0.15) is 0 Å². The van der Waals surface area contributed by atoms with E-state index in [-0.39, 0.29) is 0 Å². The maximum absolute atomic E-state index is 6.09. The first-order valence-electron chi connectivity index (χ1n) is 7.77. The van der Waals surface area contributed by atoms with Crippen LogP contribution in [0, 0.1) is 0 Å². The monoisotopic (exact) mass is 345 g/mol. The van der Waals surface area contributed by atoms with Crippen LogP contribution in [0.25, 0.3) is 42.3 Å². The fourth-order valence-corrected chi connectivity index (χ4v) is 4.59. The minimum absolute atomic E-state index is 0.754. The summed E-state index contributed by atoms with van der Waals surface area (Å²) in [6.07, 6.45) is 0. The third-order valence-corrected chi connectivity index (χ3v) is 5.76. The molecule has 0 amide bonds. The third-order valence-electron chi connectivity index (χ3n) is 4.33. The fraction of sp³-hybridized carbons (Fsp3) is 0. The normalized spacial score (nSPS) is 11.5. The third kappa shape index (κ3) is 2.04. The minimum atomic E-state index is 0.754. The molecule has 0 aliphatic rings. The van der Waals surface area contributed by atoms with Crippen molar-refractivity contribution in [1.82, 2.24) is 4.98 Å². The molecule has 0 bridgehead atoms. The Bertz CT molecular complexity index is 1210. The molecule has 0 radical (unpaired) electrons. The lowest BCUT2D eigenvalue weighted by atomic mass is 10.00. The number of para-hydroxylation sites is 1. The summed E-state index contributed by atoms with van der Waals surface area (Å²) < 4.78 is 2.50. The quantitative estimate of drug-likeness (QED) is 0.321. The summed E-state index contributed by atoms with van der Waals surface area (Å²) in [5.41, 5.74) is 4.53. The van der Waals surface area contributed by atoms with E-state index in [4.69, 9.17) is 16.6 Å². The molecule has 114 valence electrons. The van der Waals surface area contributed by atoms with Crippen LogP contribution >= 0.6 is 22.9 Å². The molecule has 5 aromatic rings. The van der Waals surface area contributed by atoms with Gasteiger partial charge >= 0.3 is 0 Å². The standard InChI is InChI=1S/C21H12ClNS/c22-14-11-9-13(10-12-14)19-15-5-1-3-7-17(15)23-20-16-6-2-4-8-18(16)24-21(19)20/h1-12H. The summed E-state index contributed by atoms with van der Waals surface area (Å²) in [5.74, 6) is 0. The lowest BCUT2D eigenvalue weighted by Gasteiger charge is -2.09. The van der Waals surface area contributed by atoms with Crippen LogP contribution < -0.4 is 0 Å². The van der Waals surface area contributed by atoms with Gasteiger partial charge in [0.05, 0.1) is 15.7 Å². The molecule has 0 fully saturated rings. The molecule has 0 aliphatic heterocycles. The molecule has 0 saturated heterocycles. The van der Waals surface area contributed by atoms with Crippen LogP contribution in [-0.2, 0) is 0 Å². The maximum atomic E-state index is 6.09. The van der Waals surface area contributed by atoms with E-state index in [9.17, 15) is 0 Å². The number of fused-ring (bicyclic) bond motifs is 4. The van der Waals surface area contributed by atoms with E-state index < -0.39 is 0 Å². The first-order chi connectivity index (χ1) is 11.8. The molecule has 3 heteroatoms. The summed E-state index contributed by atoms with van der Waals surface area (Å²) in [6, 6.07) is 24.9. The predicted octanol–water partition coefficient (Wildman–Crippen LogP) is 6.92. The van der Waals surface area contributed by atoms with Crippen molar-refractivity contribution in [1.29, 1.82) is 0 Å². The highest BCUT2D eigenvalue weighted by Crippen LogP contribution is 2.42. The molecule has 0 N–H and O–H groups in total. The first kappa shape index (κ1) is 14.0. The molecular weight excluding hydrogens is 334 g/mol. The van der Waals surface area contributed by atoms with Gasteiger partial charge in [0, 0.05) is 26.1 Å². The van der Waals surface area contributed by atoms with Crippen LogP contribution in [0.2, 0.25) is 5.02 Å². The smallest absolute Gasteiger partial charge is 0.0902 e. The van der Waals surface area contributed by atoms with Gasteiger partial charge in [0.25, 0.3) is 0 Å². The number of pyridine rings is 1. The van der Waals surface area contributed by atoms with E-state index in [0.717, 1.165) is 16.1 Å². The Morgan fingerprint density at radius 3 is 2.29 bits per heavy atom. The van der Waals surface area contributed by atoms with Crippen LogP contribution in [0.5, 0.6) is 0 Å². The number of hydrogen-bond acceptors (Lipinski definition) is 2. The minimum Gasteiger partial charge on any atom is -0.246 e. The van der Waals surface area contributed by atoms with Crippen LogP contribution in [0.1, 0.15) is 0 Å². The van der Waals surface area contributed by atoms with Crippen molar-refractivity contribution < 1.29 is 0 Å². The van der Waals surface area contributed by atoms with Gasteiger partial charge in [0.1, 0.15) is 0 Å². The van der Waals surface area contributed by atoms with Crippen molar-refractivity contribution >= 4 is 54.1 Å².